The van der Waals surface area contributed by atoms with Crippen LogP contribution in [0.15, 0.2) is 0 Å². The predicted molar refractivity (Wildman–Crippen MR) is 97.5 cm³/mol. The highest BCUT2D eigenvalue weighted by Crippen LogP contribution is 2.40. The molecule has 0 radical (unpaired) electrons. The number of hydrogen-bond donors (Lipinski definition) is 2. The molecule has 2 rings (SSSR count). The molecule has 0 bridgehead atoms. The maximum Gasteiger partial charge on any atom is 0.241 e. The molecule has 3 N–H and O–H groups in total. The summed E-state index contributed by atoms with van der Waals surface area (Å²) in [6.45, 7) is 3.33. The quantitative estimate of drug-likeness (QED) is 0.625. The molecular formula is C17H32ClN3O4. The second-order valence-electron chi connectivity index (χ2n) is 7.13. The summed E-state index contributed by atoms with van der Waals surface area (Å²) < 4.78 is 4.96. The van der Waals surface area contributed by atoms with Crippen molar-refractivity contribution in [1.29, 1.82) is 0 Å². The maximum absolute atomic E-state index is 12.3. The molecule has 0 unspecified atom stereocenters. The van der Waals surface area contributed by atoms with Crippen LogP contribution in [0.5, 0.6) is 0 Å². The van der Waals surface area contributed by atoms with E-state index in [2.05, 4.69) is 0 Å². The van der Waals surface area contributed by atoms with E-state index >= 15 is 0 Å². The number of aliphatic hydroxyl groups is 1. The van der Waals surface area contributed by atoms with E-state index in [-0.39, 0.29) is 42.9 Å². The minimum Gasteiger partial charge on any atom is -0.396 e. The maximum atomic E-state index is 12.3. The van der Waals surface area contributed by atoms with Gasteiger partial charge in [0.2, 0.25) is 11.8 Å². The third-order valence-electron chi connectivity index (χ3n) is 5.38. The van der Waals surface area contributed by atoms with Crippen LogP contribution < -0.4 is 5.73 Å². The van der Waals surface area contributed by atoms with Gasteiger partial charge in [0.1, 0.15) is 6.04 Å². The first kappa shape index (κ1) is 22.2. The average molecular weight is 378 g/mol. The third-order valence-corrected chi connectivity index (χ3v) is 5.38. The van der Waals surface area contributed by atoms with Crippen molar-refractivity contribution in [2.24, 2.45) is 11.1 Å². The Bertz CT molecular complexity index is 442. The van der Waals surface area contributed by atoms with Crippen LogP contribution in [-0.4, -0.2) is 79.3 Å². The average Bonchev–Trinajstić information content (AvgIpc) is 2.59. The van der Waals surface area contributed by atoms with Crippen LogP contribution in [0.25, 0.3) is 0 Å². The molecule has 0 aliphatic carbocycles. The van der Waals surface area contributed by atoms with Crippen LogP contribution >= 0.6 is 12.4 Å². The van der Waals surface area contributed by atoms with Gasteiger partial charge in [-0.1, -0.05) is 0 Å². The van der Waals surface area contributed by atoms with Gasteiger partial charge in [0.05, 0.1) is 6.61 Å². The largest absolute Gasteiger partial charge is 0.396 e. The van der Waals surface area contributed by atoms with Crippen molar-refractivity contribution in [3.8, 4) is 0 Å². The Labute approximate surface area is 156 Å². The molecular weight excluding hydrogens is 346 g/mol. The van der Waals surface area contributed by atoms with E-state index in [1.165, 1.54) is 0 Å². The smallest absolute Gasteiger partial charge is 0.241 e. The number of aliphatic hydroxyl groups excluding tert-OH is 1. The lowest BCUT2D eigenvalue weighted by atomic mass is 9.72. The van der Waals surface area contributed by atoms with Crippen molar-refractivity contribution in [2.75, 3.05) is 46.5 Å². The second-order valence-corrected chi connectivity index (χ2v) is 7.13. The molecule has 0 aromatic carbocycles. The number of nitrogens with two attached hydrogens (primary N) is 1. The molecule has 2 aliphatic rings. The van der Waals surface area contributed by atoms with E-state index < -0.39 is 6.04 Å². The lowest BCUT2D eigenvalue weighted by Crippen LogP contribution is -2.55. The number of likely N-dealkylation sites (tertiary alicyclic amines) is 2. The van der Waals surface area contributed by atoms with E-state index in [0.717, 1.165) is 45.2 Å². The summed E-state index contributed by atoms with van der Waals surface area (Å²) in [5.74, 6) is 0.178. The standard InChI is InChI=1S/C17H31N3O4.ClH/c1-24-12-14(18)16(23)19-9-6-17(7-10-19)5-4-15(22)20(13-17)8-2-3-11-21;/h14,21H,2-13,18H2,1H3;1H/t14-;/m1./s1. The lowest BCUT2D eigenvalue weighted by molar-refractivity contribution is -0.143. The Kier molecular flexibility index (Phi) is 9.13. The van der Waals surface area contributed by atoms with Crippen molar-refractivity contribution >= 4 is 24.2 Å². The van der Waals surface area contributed by atoms with E-state index in [0.29, 0.717) is 19.5 Å². The van der Waals surface area contributed by atoms with Crippen LogP contribution in [-0.2, 0) is 14.3 Å². The van der Waals surface area contributed by atoms with Crippen LogP contribution in [0.4, 0.5) is 0 Å². The highest BCUT2D eigenvalue weighted by Gasteiger charge is 2.41. The molecule has 2 amide bonds. The first-order chi connectivity index (χ1) is 11.5. The number of carbonyl (C=O) groups is 2. The van der Waals surface area contributed by atoms with Gasteiger partial charge in [0.25, 0.3) is 0 Å². The van der Waals surface area contributed by atoms with Gasteiger partial charge in [-0.25, -0.2) is 0 Å². The van der Waals surface area contributed by atoms with Crippen LogP contribution in [0.1, 0.15) is 38.5 Å². The lowest BCUT2D eigenvalue weighted by Gasteiger charge is -2.47. The molecule has 2 saturated heterocycles. The monoisotopic (exact) mass is 377 g/mol. The number of methoxy groups -OCH3 is 1. The molecule has 0 saturated carbocycles. The van der Waals surface area contributed by atoms with E-state index in [4.69, 9.17) is 15.6 Å². The Hall–Kier alpha value is -0.890. The van der Waals surface area contributed by atoms with Crippen molar-refractivity contribution < 1.29 is 19.4 Å². The molecule has 7 nitrogen and oxygen atoms in total. The van der Waals surface area contributed by atoms with Crippen molar-refractivity contribution in [3.63, 3.8) is 0 Å². The zero-order valence-corrected chi connectivity index (χ0v) is 15.9. The zero-order chi connectivity index (χ0) is 17.6. The van der Waals surface area contributed by atoms with Crippen molar-refractivity contribution in [3.05, 3.63) is 0 Å². The minimum absolute atomic E-state index is 0. The summed E-state index contributed by atoms with van der Waals surface area (Å²) in [7, 11) is 1.54. The third kappa shape index (κ3) is 5.81. The Balaban J connectivity index is 0.00000312. The molecule has 2 aliphatic heterocycles. The van der Waals surface area contributed by atoms with Crippen molar-refractivity contribution in [1.82, 2.24) is 9.80 Å². The van der Waals surface area contributed by atoms with Crippen LogP contribution in [0, 0.1) is 5.41 Å². The Morgan fingerprint density at radius 3 is 2.60 bits per heavy atom. The number of nitrogens with zero attached hydrogens (tertiary/aromatic N) is 2. The van der Waals surface area contributed by atoms with Gasteiger partial charge >= 0.3 is 0 Å². The molecule has 0 aromatic rings. The number of ether oxygens (including phenoxy) is 1. The van der Waals surface area contributed by atoms with E-state index in [1.807, 2.05) is 9.80 Å². The number of piperidine rings is 2. The molecule has 2 heterocycles. The number of halogens is 1. The number of rotatable bonds is 7. The second kappa shape index (κ2) is 10.3. The molecule has 146 valence electrons. The summed E-state index contributed by atoms with van der Waals surface area (Å²) in [4.78, 5) is 28.2. The van der Waals surface area contributed by atoms with Gasteiger partial charge in [-0.2, -0.15) is 0 Å². The van der Waals surface area contributed by atoms with Gasteiger partial charge in [-0.15, -0.1) is 12.4 Å². The molecule has 8 heteroatoms. The molecule has 0 aromatic heterocycles. The summed E-state index contributed by atoms with van der Waals surface area (Å²) in [5, 5.41) is 8.91. The summed E-state index contributed by atoms with van der Waals surface area (Å²) in [6, 6.07) is -0.591. The summed E-state index contributed by atoms with van der Waals surface area (Å²) >= 11 is 0. The Morgan fingerprint density at radius 2 is 2.00 bits per heavy atom. The number of hydrogen-bond acceptors (Lipinski definition) is 5. The molecule has 25 heavy (non-hydrogen) atoms. The predicted octanol–water partition coefficient (Wildman–Crippen LogP) is 0.386. The normalized spacial score (nSPS) is 21.2. The summed E-state index contributed by atoms with van der Waals surface area (Å²) in [5.41, 5.74) is 5.98. The molecule has 1 spiro atoms. The van der Waals surface area contributed by atoms with E-state index in [1.54, 1.807) is 7.11 Å². The van der Waals surface area contributed by atoms with E-state index in [9.17, 15) is 9.59 Å². The van der Waals surface area contributed by atoms with Gasteiger partial charge in [-0.3, -0.25) is 9.59 Å². The van der Waals surface area contributed by atoms with Gasteiger partial charge in [-0.05, 0) is 37.5 Å². The SMILES string of the molecule is COC[C@@H](N)C(=O)N1CCC2(CCC(=O)N(CCCCO)C2)CC1.Cl. The first-order valence-corrected chi connectivity index (χ1v) is 8.93. The van der Waals surface area contributed by atoms with Crippen LogP contribution in [0.2, 0.25) is 0 Å². The van der Waals surface area contributed by atoms with Crippen LogP contribution in [0.3, 0.4) is 0 Å². The van der Waals surface area contributed by atoms with Crippen molar-refractivity contribution in [2.45, 2.75) is 44.6 Å². The van der Waals surface area contributed by atoms with Gasteiger partial charge in [0, 0.05) is 46.3 Å². The fourth-order valence-corrected chi connectivity index (χ4v) is 3.82. The number of amides is 2. The minimum atomic E-state index is -0.591. The molecule has 2 fully saturated rings. The fraction of sp³-hybridized carbons (Fsp3) is 0.882. The fourth-order valence-electron chi connectivity index (χ4n) is 3.82. The number of carbonyl (C=O) groups excluding carboxylic acids is 2. The molecule has 1 atom stereocenters. The van der Waals surface area contributed by atoms with Gasteiger partial charge in [0.15, 0.2) is 0 Å². The topological polar surface area (TPSA) is 96.1 Å². The number of unbranched alkanes of at least 4 members (excludes halogenated alkanes) is 1. The Morgan fingerprint density at radius 1 is 1.32 bits per heavy atom. The zero-order valence-electron chi connectivity index (χ0n) is 15.1. The van der Waals surface area contributed by atoms with Gasteiger partial charge < -0.3 is 25.4 Å². The highest BCUT2D eigenvalue weighted by molar-refractivity contribution is 5.85. The highest BCUT2D eigenvalue weighted by atomic mass is 35.5. The first-order valence-electron chi connectivity index (χ1n) is 8.93. The summed E-state index contributed by atoms with van der Waals surface area (Å²) in [6.07, 6.45) is 4.92.